The molecule has 0 aliphatic carbocycles. The van der Waals surface area contributed by atoms with Gasteiger partial charge in [0.1, 0.15) is 0 Å². The second-order valence-electron chi connectivity index (χ2n) is 5.30. The summed E-state index contributed by atoms with van der Waals surface area (Å²) in [5, 5.41) is 13.2. The van der Waals surface area contributed by atoms with E-state index in [0.717, 1.165) is 0 Å². The summed E-state index contributed by atoms with van der Waals surface area (Å²) in [6, 6.07) is -0.568. The van der Waals surface area contributed by atoms with E-state index < -0.39 is 17.9 Å². The Morgan fingerprint density at radius 3 is 1.95 bits per heavy atom. The molecule has 3 N–H and O–H groups in total. The van der Waals surface area contributed by atoms with Gasteiger partial charge in [0.15, 0.2) is 0 Å². The molecule has 0 aliphatic heterocycles. The van der Waals surface area contributed by atoms with Gasteiger partial charge in [0, 0.05) is 13.0 Å². The van der Waals surface area contributed by atoms with Gasteiger partial charge >= 0.3 is 12.0 Å². The van der Waals surface area contributed by atoms with Gasteiger partial charge in [0.2, 0.25) is 5.91 Å². The van der Waals surface area contributed by atoms with E-state index in [1.54, 1.807) is 0 Å². The molecule has 3 amide bonds. The maximum Gasteiger partial charge on any atom is 0.321 e. The van der Waals surface area contributed by atoms with Gasteiger partial charge < -0.3 is 10.4 Å². The van der Waals surface area contributed by atoms with E-state index in [1.807, 2.05) is 0 Å². The van der Waals surface area contributed by atoms with E-state index in [4.69, 9.17) is 5.11 Å². The van der Waals surface area contributed by atoms with Gasteiger partial charge in [-0.3, -0.25) is 14.9 Å². The SMILES string of the molecule is CC(C)C(CNC(=O)NC(=O)CCC(=O)O)C(C)C. The Labute approximate surface area is 113 Å². The molecule has 0 radical (unpaired) electrons. The smallest absolute Gasteiger partial charge is 0.321 e. The Bertz CT molecular complexity index is 319. The molecular weight excluding hydrogens is 248 g/mol. The highest BCUT2D eigenvalue weighted by Gasteiger charge is 2.18. The Balaban J connectivity index is 4.04. The predicted octanol–water partition coefficient (Wildman–Crippen LogP) is 1.61. The highest BCUT2D eigenvalue weighted by atomic mass is 16.4. The van der Waals surface area contributed by atoms with Crippen LogP contribution in [0.15, 0.2) is 0 Å². The van der Waals surface area contributed by atoms with E-state index in [-0.39, 0.29) is 12.8 Å². The van der Waals surface area contributed by atoms with Crippen LogP contribution < -0.4 is 10.6 Å². The number of hydrogen-bond acceptors (Lipinski definition) is 3. The molecule has 19 heavy (non-hydrogen) atoms. The quantitative estimate of drug-likeness (QED) is 0.656. The van der Waals surface area contributed by atoms with Gasteiger partial charge in [-0.15, -0.1) is 0 Å². The molecule has 0 rings (SSSR count). The van der Waals surface area contributed by atoms with E-state index in [1.165, 1.54) is 0 Å². The molecule has 110 valence electrons. The third-order valence-corrected chi connectivity index (χ3v) is 3.03. The molecule has 0 aliphatic rings. The third-order valence-electron chi connectivity index (χ3n) is 3.03. The fourth-order valence-electron chi connectivity index (χ4n) is 1.91. The van der Waals surface area contributed by atoms with Crippen LogP contribution in [0.2, 0.25) is 0 Å². The number of carbonyl (C=O) groups is 3. The molecule has 0 heterocycles. The minimum absolute atomic E-state index is 0.194. The summed E-state index contributed by atoms with van der Waals surface area (Å²) in [5.41, 5.74) is 0. The van der Waals surface area contributed by atoms with Crippen LogP contribution in [-0.2, 0) is 9.59 Å². The first kappa shape index (κ1) is 17.4. The molecule has 0 saturated carbocycles. The molecule has 0 aromatic carbocycles. The van der Waals surface area contributed by atoms with Gasteiger partial charge in [0.25, 0.3) is 0 Å². The second kappa shape index (κ2) is 8.50. The summed E-state index contributed by atoms with van der Waals surface area (Å²) >= 11 is 0. The summed E-state index contributed by atoms with van der Waals surface area (Å²) in [6.07, 6.45) is -0.472. The Kier molecular flexibility index (Phi) is 7.79. The highest BCUT2D eigenvalue weighted by molar-refractivity contribution is 5.95. The van der Waals surface area contributed by atoms with Crippen molar-refractivity contribution in [2.24, 2.45) is 17.8 Å². The van der Waals surface area contributed by atoms with Crippen LogP contribution in [0.3, 0.4) is 0 Å². The van der Waals surface area contributed by atoms with Crippen molar-refractivity contribution in [3.05, 3.63) is 0 Å². The maximum atomic E-state index is 11.5. The number of nitrogens with one attached hydrogen (secondary N) is 2. The fraction of sp³-hybridized carbons (Fsp3) is 0.769. The zero-order valence-electron chi connectivity index (χ0n) is 12.0. The number of aliphatic carboxylic acids is 1. The van der Waals surface area contributed by atoms with Crippen molar-refractivity contribution in [1.82, 2.24) is 10.6 Å². The second-order valence-corrected chi connectivity index (χ2v) is 5.30. The number of rotatable bonds is 7. The lowest BCUT2D eigenvalue weighted by molar-refractivity contribution is -0.138. The standard InChI is InChI=1S/C13H24N2O4/c1-8(2)10(9(3)4)7-14-13(19)15-11(16)5-6-12(17)18/h8-10H,5-7H2,1-4H3,(H,17,18)(H2,14,15,16,19). The topological polar surface area (TPSA) is 95.5 Å². The lowest BCUT2D eigenvalue weighted by Gasteiger charge is -2.24. The van der Waals surface area contributed by atoms with Gasteiger partial charge in [-0.1, -0.05) is 27.7 Å². The monoisotopic (exact) mass is 272 g/mol. The summed E-state index contributed by atoms with van der Waals surface area (Å²) < 4.78 is 0. The van der Waals surface area contributed by atoms with Gasteiger partial charge in [-0.05, 0) is 17.8 Å². The summed E-state index contributed by atoms with van der Waals surface area (Å²) in [5.74, 6) is -0.438. The Morgan fingerprint density at radius 2 is 1.53 bits per heavy atom. The number of amides is 3. The van der Waals surface area contributed by atoms with Crippen LogP contribution in [0.25, 0.3) is 0 Å². The Morgan fingerprint density at radius 1 is 1.00 bits per heavy atom. The van der Waals surface area contributed by atoms with Crippen LogP contribution >= 0.6 is 0 Å². The van der Waals surface area contributed by atoms with Crippen molar-refractivity contribution in [2.75, 3.05) is 6.54 Å². The van der Waals surface area contributed by atoms with Crippen molar-refractivity contribution in [3.8, 4) is 0 Å². The van der Waals surface area contributed by atoms with Gasteiger partial charge in [0.05, 0.1) is 6.42 Å². The summed E-state index contributed by atoms with van der Waals surface area (Å²) in [6.45, 7) is 8.84. The average Bonchev–Trinajstić information content (AvgIpc) is 2.25. The molecule has 0 aromatic rings. The van der Waals surface area contributed by atoms with Gasteiger partial charge in [-0.2, -0.15) is 0 Å². The molecule has 0 unspecified atom stereocenters. The summed E-state index contributed by atoms with van der Waals surface area (Å²) in [4.78, 5) is 33.0. The van der Waals surface area contributed by atoms with Crippen molar-refractivity contribution in [3.63, 3.8) is 0 Å². The summed E-state index contributed by atoms with van der Waals surface area (Å²) in [7, 11) is 0. The predicted molar refractivity (Wildman–Crippen MR) is 71.6 cm³/mol. The highest BCUT2D eigenvalue weighted by Crippen LogP contribution is 2.19. The van der Waals surface area contributed by atoms with Gasteiger partial charge in [-0.25, -0.2) is 4.79 Å². The van der Waals surface area contributed by atoms with Crippen molar-refractivity contribution in [2.45, 2.75) is 40.5 Å². The number of imide groups is 1. The molecule has 0 spiro atoms. The minimum atomic E-state index is -1.06. The third kappa shape index (κ3) is 8.18. The van der Waals surface area contributed by atoms with E-state index in [9.17, 15) is 14.4 Å². The number of carboxylic acid groups (broad SMARTS) is 1. The van der Waals surface area contributed by atoms with Crippen LogP contribution in [-0.4, -0.2) is 29.6 Å². The van der Waals surface area contributed by atoms with E-state index >= 15 is 0 Å². The van der Waals surface area contributed by atoms with Crippen molar-refractivity contribution in [1.29, 1.82) is 0 Å². The van der Waals surface area contributed by atoms with Crippen LogP contribution in [0.5, 0.6) is 0 Å². The number of urea groups is 1. The molecule has 6 heteroatoms. The minimum Gasteiger partial charge on any atom is -0.481 e. The largest absolute Gasteiger partial charge is 0.481 e. The lowest BCUT2D eigenvalue weighted by atomic mass is 9.85. The maximum absolute atomic E-state index is 11.5. The van der Waals surface area contributed by atoms with Crippen LogP contribution in [0.1, 0.15) is 40.5 Å². The Hall–Kier alpha value is -1.59. The zero-order valence-corrected chi connectivity index (χ0v) is 12.0. The fourth-order valence-corrected chi connectivity index (χ4v) is 1.91. The number of carbonyl (C=O) groups excluding carboxylic acids is 2. The number of carboxylic acids is 1. The molecule has 0 bridgehead atoms. The molecule has 0 atom stereocenters. The average molecular weight is 272 g/mol. The molecule has 6 nitrogen and oxygen atoms in total. The van der Waals surface area contributed by atoms with E-state index in [2.05, 4.69) is 38.3 Å². The van der Waals surface area contributed by atoms with Crippen LogP contribution in [0.4, 0.5) is 4.79 Å². The first-order valence-corrected chi connectivity index (χ1v) is 6.53. The first-order valence-electron chi connectivity index (χ1n) is 6.53. The molecular formula is C13H24N2O4. The molecule has 0 saturated heterocycles. The molecule has 0 aromatic heterocycles. The lowest BCUT2D eigenvalue weighted by Crippen LogP contribution is -2.43. The molecule has 0 fully saturated rings. The van der Waals surface area contributed by atoms with Crippen LogP contribution in [0, 0.1) is 17.8 Å². The number of hydrogen-bond donors (Lipinski definition) is 3. The van der Waals surface area contributed by atoms with E-state index in [0.29, 0.717) is 24.3 Å². The zero-order chi connectivity index (χ0) is 15.0. The normalized spacial score (nSPS) is 10.9. The van der Waals surface area contributed by atoms with Crippen molar-refractivity contribution < 1.29 is 19.5 Å². The first-order chi connectivity index (χ1) is 8.73. The van der Waals surface area contributed by atoms with Crippen molar-refractivity contribution >= 4 is 17.9 Å².